The SMILES string of the molecule is COc1cc(NC(=O)C(C)(C)C)ccc1-c1ccc(CO)o1. The minimum absolute atomic E-state index is 0.0668. The lowest BCUT2D eigenvalue weighted by molar-refractivity contribution is -0.123. The van der Waals surface area contributed by atoms with E-state index in [-0.39, 0.29) is 12.5 Å². The molecule has 0 spiro atoms. The fourth-order valence-electron chi connectivity index (χ4n) is 1.90. The smallest absolute Gasteiger partial charge is 0.229 e. The Morgan fingerprint density at radius 2 is 2.00 bits per heavy atom. The fourth-order valence-corrected chi connectivity index (χ4v) is 1.90. The number of ether oxygens (including phenoxy) is 1. The molecular weight excluding hydrogens is 282 g/mol. The van der Waals surface area contributed by atoms with Crippen molar-refractivity contribution in [2.45, 2.75) is 27.4 Å². The van der Waals surface area contributed by atoms with Gasteiger partial charge in [0, 0.05) is 17.2 Å². The van der Waals surface area contributed by atoms with Crippen molar-refractivity contribution in [3.8, 4) is 17.1 Å². The predicted molar refractivity (Wildman–Crippen MR) is 84.7 cm³/mol. The molecular formula is C17H21NO4. The van der Waals surface area contributed by atoms with Crippen LogP contribution in [0.4, 0.5) is 5.69 Å². The van der Waals surface area contributed by atoms with E-state index in [1.165, 1.54) is 0 Å². The number of benzene rings is 1. The van der Waals surface area contributed by atoms with E-state index in [1.54, 1.807) is 31.4 Å². The van der Waals surface area contributed by atoms with Gasteiger partial charge in [-0.05, 0) is 24.3 Å². The monoisotopic (exact) mass is 303 g/mol. The second-order valence-electron chi connectivity index (χ2n) is 6.04. The van der Waals surface area contributed by atoms with Gasteiger partial charge in [-0.1, -0.05) is 20.8 Å². The highest BCUT2D eigenvalue weighted by atomic mass is 16.5. The number of amides is 1. The van der Waals surface area contributed by atoms with Crippen LogP contribution in [0.3, 0.4) is 0 Å². The zero-order valence-electron chi connectivity index (χ0n) is 13.3. The van der Waals surface area contributed by atoms with Gasteiger partial charge in [-0.3, -0.25) is 4.79 Å². The first kappa shape index (κ1) is 16.1. The Morgan fingerprint density at radius 1 is 1.27 bits per heavy atom. The molecule has 1 aromatic carbocycles. The third-order valence-electron chi connectivity index (χ3n) is 3.22. The largest absolute Gasteiger partial charge is 0.496 e. The number of aliphatic hydroxyl groups excluding tert-OH is 1. The Balaban J connectivity index is 2.30. The van der Waals surface area contributed by atoms with Crippen LogP contribution in [0.2, 0.25) is 0 Å². The molecule has 0 bridgehead atoms. The zero-order valence-corrected chi connectivity index (χ0v) is 13.3. The molecule has 0 unspecified atom stereocenters. The third kappa shape index (κ3) is 3.49. The van der Waals surface area contributed by atoms with Crippen LogP contribution in [0.1, 0.15) is 26.5 Å². The highest BCUT2D eigenvalue weighted by Gasteiger charge is 2.21. The summed E-state index contributed by atoms with van der Waals surface area (Å²) in [7, 11) is 1.56. The average Bonchev–Trinajstić information content (AvgIpc) is 2.94. The van der Waals surface area contributed by atoms with Gasteiger partial charge in [0.25, 0.3) is 0 Å². The topological polar surface area (TPSA) is 71.7 Å². The standard InChI is InChI=1S/C17H21NO4/c1-17(2,3)16(20)18-11-5-7-13(15(9-11)21-4)14-8-6-12(10-19)22-14/h5-9,19H,10H2,1-4H3,(H,18,20). The number of rotatable bonds is 4. The maximum atomic E-state index is 12.0. The highest BCUT2D eigenvalue weighted by Crippen LogP contribution is 2.34. The molecule has 0 saturated heterocycles. The summed E-state index contributed by atoms with van der Waals surface area (Å²) in [5, 5.41) is 11.9. The molecule has 0 saturated carbocycles. The summed E-state index contributed by atoms with van der Waals surface area (Å²) in [6.45, 7) is 5.41. The van der Waals surface area contributed by atoms with Gasteiger partial charge in [0.1, 0.15) is 23.9 Å². The summed E-state index contributed by atoms with van der Waals surface area (Å²) in [6, 6.07) is 8.85. The maximum Gasteiger partial charge on any atom is 0.229 e. The molecule has 0 radical (unpaired) electrons. The van der Waals surface area contributed by atoms with Crippen molar-refractivity contribution in [1.29, 1.82) is 0 Å². The molecule has 2 rings (SSSR count). The quantitative estimate of drug-likeness (QED) is 0.907. The van der Waals surface area contributed by atoms with E-state index in [4.69, 9.17) is 14.3 Å². The summed E-state index contributed by atoms with van der Waals surface area (Å²) in [5.74, 6) is 1.62. The van der Waals surface area contributed by atoms with Crippen LogP contribution >= 0.6 is 0 Å². The summed E-state index contributed by atoms with van der Waals surface area (Å²) in [5.41, 5.74) is 0.952. The van der Waals surface area contributed by atoms with E-state index in [0.717, 1.165) is 5.56 Å². The van der Waals surface area contributed by atoms with Crippen molar-refractivity contribution >= 4 is 11.6 Å². The van der Waals surface area contributed by atoms with Crippen LogP contribution in [-0.4, -0.2) is 18.1 Å². The first-order valence-corrected chi connectivity index (χ1v) is 7.04. The van der Waals surface area contributed by atoms with Gasteiger partial charge in [-0.2, -0.15) is 0 Å². The molecule has 0 aliphatic carbocycles. The first-order valence-electron chi connectivity index (χ1n) is 7.04. The molecule has 0 aliphatic rings. The van der Waals surface area contributed by atoms with Gasteiger partial charge < -0.3 is 19.6 Å². The normalized spacial score (nSPS) is 11.3. The molecule has 118 valence electrons. The lowest BCUT2D eigenvalue weighted by atomic mass is 9.95. The first-order chi connectivity index (χ1) is 10.3. The molecule has 0 atom stereocenters. The fraction of sp³-hybridized carbons (Fsp3) is 0.353. The van der Waals surface area contributed by atoms with Gasteiger partial charge in [-0.15, -0.1) is 0 Å². The number of hydrogen-bond donors (Lipinski definition) is 2. The minimum Gasteiger partial charge on any atom is -0.496 e. The summed E-state index contributed by atoms with van der Waals surface area (Å²) < 4.78 is 10.9. The van der Waals surface area contributed by atoms with Crippen molar-refractivity contribution in [2.24, 2.45) is 5.41 Å². The molecule has 5 heteroatoms. The van der Waals surface area contributed by atoms with Gasteiger partial charge in [0.05, 0.1) is 12.7 Å². The molecule has 1 heterocycles. The van der Waals surface area contributed by atoms with Crippen LogP contribution in [0, 0.1) is 5.41 Å². The highest BCUT2D eigenvalue weighted by molar-refractivity contribution is 5.95. The lowest BCUT2D eigenvalue weighted by Gasteiger charge is -2.18. The van der Waals surface area contributed by atoms with Crippen LogP contribution in [0.5, 0.6) is 5.75 Å². The van der Waals surface area contributed by atoms with Crippen LogP contribution in [0.15, 0.2) is 34.7 Å². The zero-order chi connectivity index (χ0) is 16.3. The number of carbonyl (C=O) groups excluding carboxylic acids is 1. The molecule has 1 aromatic heterocycles. The Labute approximate surface area is 129 Å². The van der Waals surface area contributed by atoms with Gasteiger partial charge in [0.15, 0.2) is 0 Å². The van der Waals surface area contributed by atoms with Gasteiger partial charge >= 0.3 is 0 Å². The molecule has 1 amide bonds. The number of methoxy groups -OCH3 is 1. The summed E-state index contributed by atoms with van der Waals surface area (Å²) >= 11 is 0. The average molecular weight is 303 g/mol. The minimum atomic E-state index is -0.469. The predicted octanol–water partition coefficient (Wildman–Crippen LogP) is 3.43. The van der Waals surface area contributed by atoms with Crippen molar-refractivity contribution in [3.05, 3.63) is 36.1 Å². The maximum absolute atomic E-state index is 12.0. The third-order valence-corrected chi connectivity index (χ3v) is 3.22. The van der Waals surface area contributed by atoms with Crippen LogP contribution < -0.4 is 10.1 Å². The van der Waals surface area contributed by atoms with Crippen LogP contribution in [0.25, 0.3) is 11.3 Å². The van der Waals surface area contributed by atoms with Gasteiger partial charge in [0.2, 0.25) is 5.91 Å². The van der Waals surface area contributed by atoms with E-state index in [0.29, 0.717) is 23.0 Å². The Morgan fingerprint density at radius 3 is 2.55 bits per heavy atom. The molecule has 22 heavy (non-hydrogen) atoms. The second-order valence-corrected chi connectivity index (χ2v) is 6.04. The van der Waals surface area contributed by atoms with Crippen LogP contribution in [-0.2, 0) is 11.4 Å². The number of aliphatic hydroxyl groups is 1. The van der Waals surface area contributed by atoms with Crippen molar-refractivity contribution in [2.75, 3.05) is 12.4 Å². The second kappa shape index (κ2) is 6.23. The number of hydrogen-bond acceptors (Lipinski definition) is 4. The van der Waals surface area contributed by atoms with E-state index in [1.807, 2.05) is 26.8 Å². The van der Waals surface area contributed by atoms with Crippen molar-refractivity contribution in [3.63, 3.8) is 0 Å². The van der Waals surface area contributed by atoms with Gasteiger partial charge in [-0.25, -0.2) is 0 Å². The molecule has 2 N–H and O–H groups in total. The Kier molecular flexibility index (Phi) is 4.56. The molecule has 2 aromatic rings. The number of carbonyl (C=O) groups is 1. The summed E-state index contributed by atoms with van der Waals surface area (Å²) in [6.07, 6.45) is 0. The van der Waals surface area contributed by atoms with Crippen molar-refractivity contribution in [1.82, 2.24) is 0 Å². The summed E-state index contributed by atoms with van der Waals surface area (Å²) in [4.78, 5) is 12.0. The van der Waals surface area contributed by atoms with E-state index in [9.17, 15) is 4.79 Å². The van der Waals surface area contributed by atoms with E-state index >= 15 is 0 Å². The molecule has 0 aliphatic heterocycles. The lowest BCUT2D eigenvalue weighted by Crippen LogP contribution is -2.27. The Hall–Kier alpha value is -2.27. The number of nitrogens with one attached hydrogen (secondary N) is 1. The number of anilines is 1. The molecule has 5 nitrogen and oxygen atoms in total. The van der Waals surface area contributed by atoms with Crippen molar-refractivity contribution < 1.29 is 19.1 Å². The van der Waals surface area contributed by atoms with E-state index < -0.39 is 5.41 Å². The Bertz CT molecular complexity index is 668. The van der Waals surface area contributed by atoms with E-state index in [2.05, 4.69) is 5.32 Å². The number of furan rings is 1. The molecule has 0 fully saturated rings.